The van der Waals surface area contributed by atoms with Crippen LogP contribution in [0.3, 0.4) is 0 Å². The number of likely N-dealkylation sites (N-methyl/N-ethyl adjacent to an activating group) is 1. The third-order valence-corrected chi connectivity index (χ3v) is 3.64. The molecule has 1 fully saturated rings. The molecule has 0 amide bonds. The molecule has 2 unspecified atom stereocenters. The third-order valence-electron chi connectivity index (χ3n) is 3.64. The Hall–Kier alpha value is -1.13. The number of hydrogen-bond donors (Lipinski definition) is 1. The maximum absolute atomic E-state index is 5.82. The van der Waals surface area contributed by atoms with Crippen molar-refractivity contribution in [2.24, 2.45) is 5.73 Å². The van der Waals surface area contributed by atoms with Crippen LogP contribution in [0, 0.1) is 6.92 Å². The summed E-state index contributed by atoms with van der Waals surface area (Å²) < 4.78 is 5.61. The fourth-order valence-corrected chi connectivity index (χ4v) is 2.52. The highest BCUT2D eigenvalue weighted by Crippen LogP contribution is 2.26. The molecule has 4 nitrogen and oxygen atoms in total. The van der Waals surface area contributed by atoms with Gasteiger partial charge in [-0.2, -0.15) is 0 Å². The number of anilines is 1. The van der Waals surface area contributed by atoms with Crippen LogP contribution in [0.5, 0.6) is 0 Å². The largest absolute Gasteiger partial charge is 0.376 e. The molecule has 1 aromatic rings. The van der Waals surface area contributed by atoms with E-state index in [1.807, 2.05) is 12.3 Å². The molecule has 0 saturated carbocycles. The first-order chi connectivity index (χ1) is 8.15. The van der Waals surface area contributed by atoms with Crippen LogP contribution in [0.1, 0.15) is 24.5 Å². The zero-order chi connectivity index (χ0) is 12.4. The van der Waals surface area contributed by atoms with Gasteiger partial charge in [-0.25, -0.2) is 4.98 Å². The number of rotatable bonds is 3. The average molecular weight is 235 g/mol. The number of hydrogen-bond acceptors (Lipinski definition) is 4. The van der Waals surface area contributed by atoms with Crippen LogP contribution >= 0.6 is 0 Å². The Morgan fingerprint density at radius 1 is 1.59 bits per heavy atom. The predicted molar refractivity (Wildman–Crippen MR) is 69.1 cm³/mol. The lowest BCUT2D eigenvalue weighted by Gasteiger charge is -2.29. The van der Waals surface area contributed by atoms with Gasteiger partial charge in [0.1, 0.15) is 5.82 Å². The van der Waals surface area contributed by atoms with Gasteiger partial charge in [-0.05, 0) is 31.9 Å². The minimum atomic E-state index is 0.257. The van der Waals surface area contributed by atoms with Crippen LogP contribution < -0.4 is 10.6 Å². The molecule has 2 N–H and O–H groups in total. The lowest BCUT2D eigenvalue weighted by molar-refractivity contribution is 0.118. The molecule has 1 aliphatic rings. The van der Waals surface area contributed by atoms with Crippen LogP contribution in [0.2, 0.25) is 0 Å². The number of aryl methyl sites for hydroxylation is 1. The minimum absolute atomic E-state index is 0.257. The molecule has 0 bridgehead atoms. The van der Waals surface area contributed by atoms with Crippen molar-refractivity contribution >= 4 is 5.82 Å². The summed E-state index contributed by atoms with van der Waals surface area (Å²) in [5.74, 6) is 0.995. The Morgan fingerprint density at radius 3 is 2.94 bits per heavy atom. The Kier molecular flexibility index (Phi) is 3.64. The summed E-state index contributed by atoms with van der Waals surface area (Å²) in [5.41, 5.74) is 8.16. The molecule has 2 atom stereocenters. The second-order valence-electron chi connectivity index (χ2n) is 4.68. The second-order valence-corrected chi connectivity index (χ2v) is 4.68. The van der Waals surface area contributed by atoms with Crippen molar-refractivity contribution < 1.29 is 4.74 Å². The predicted octanol–water partition coefficient (Wildman–Crippen LogP) is 1.46. The van der Waals surface area contributed by atoms with Gasteiger partial charge in [0.15, 0.2) is 0 Å². The highest BCUT2D eigenvalue weighted by Gasteiger charge is 2.29. The molecule has 0 aromatic carbocycles. The summed E-state index contributed by atoms with van der Waals surface area (Å²) in [4.78, 5) is 6.69. The topological polar surface area (TPSA) is 51.4 Å². The fraction of sp³-hybridized carbons (Fsp3) is 0.615. The first-order valence-electron chi connectivity index (χ1n) is 6.14. The third kappa shape index (κ3) is 2.28. The molecule has 1 aromatic heterocycles. The van der Waals surface area contributed by atoms with E-state index in [0.717, 1.165) is 24.4 Å². The number of pyridine rings is 1. The summed E-state index contributed by atoms with van der Waals surface area (Å²) >= 11 is 0. The summed E-state index contributed by atoms with van der Waals surface area (Å²) in [6, 6.07) is 2.41. The molecule has 94 valence electrons. The molecule has 17 heavy (non-hydrogen) atoms. The highest BCUT2D eigenvalue weighted by atomic mass is 16.5. The van der Waals surface area contributed by atoms with E-state index < -0.39 is 0 Å². The van der Waals surface area contributed by atoms with Gasteiger partial charge in [0.2, 0.25) is 0 Å². The Morgan fingerprint density at radius 2 is 2.35 bits per heavy atom. The van der Waals surface area contributed by atoms with Crippen LogP contribution in [0.25, 0.3) is 0 Å². The molecule has 1 saturated heterocycles. The molecule has 2 rings (SSSR count). The summed E-state index contributed by atoms with van der Waals surface area (Å²) in [6.45, 7) is 5.56. The van der Waals surface area contributed by atoms with Crippen molar-refractivity contribution in [2.45, 2.75) is 39.0 Å². The van der Waals surface area contributed by atoms with Crippen LogP contribution in [-0.2, 0) is 11.3 Å². The summed E-state index contributed by atoms with van der Waals surface area (Å²) in [6.07, 6.45) is 3.16. The Bertz CT molecular complexity index is 394. The lowest BCUT2D eigenvalue weighted by Crippen LogP contribution is -2.38. The standard InChI is InChI=1S/C13H21N3O/c1-9-4-6-15-13(11(9)8-14)16(3)12-5-7-17-10(12)2/h4,6,10,12H,5,7-8,14H2,1-3H3. The summed E-state index contributed by atoms with van der Waals surface area (Å²) in [5, 5.41) is 0. The molecule has 4 heteroatoms. The Labute approximate surface area is 103 Å². The molecular formula is C13H21N3O. The minimum Gasteiger partial charge on any atom is -0.376 e. The summed E-state index contributed by atoms with van der Waals surface area (Å²) in [7, 11) is 2.08. The molecule has 0 aliphatic carbocycles. The van der Waals surface area contributed by atoms with E-state index in [1.165, 1.54) is 5.56 Å². The van der Waals surface area contributed by atoms with Gasteiger partial charge in [-0.3, -0.25) is 0 Å². The van der Waals surface area contributed by atoms with E-state index in [-0.39, 0.29) is 6.10 Å². The second kappa shape index (κ2) is 5.02. The molecule has 0 radical (unpaired) electrons. The number of nitrogens with two attached hydrogens (primary N) is 1. The smallest absolute Gasteiger partial charge is 0.133 e. The number of aromatic nitrogens is 1. The van der Waals surface area contributed by atoms with Gasteiger partial charge < -0.3 is 15.4 Å². The van der Waals surface area contributed by atoms with Crippen molar-refractivity contribution in [1.29, 1.82) is 0 Å². The number of nitrogens with zero attached hydrogens (tertiary/aromatic N) is 2. The maximum Gasteiger partial charge on any atom is 0.133 e. The van der Waals surface area contributed by atoms with Gasteiger partial charge in [0, 0.05) is 32.0 Å². The fourth-order valence-electron chi connectivity index (χ4n) is 2.52. The van der Waals surface area contributed by atoms with E-state index >= 15 is 0 Å². The van der Waals surface area contributed by atoms with E-state index in [0.29, 0.717) is 12.6 Å². The van der Waals surface area contributed by atoms with E-state index in [4.69, 9.17) is 10.5 Å². The van der Waals surface area contributed by atoms with Crippen LogP contribution in [0.15, 0.2) is 12.3 Å². The van der Waals surface area contributed by atoms with Gasteiger partial charge in [-0.15, -0.1) is 0 Å². The number of ether oxygens (including phenoxy) is 1. The van der Waals surface area contributed by atoms with Crippen molar-refractivity contribution in [2.75, 3.05) is 18.6 Å². The SMILES string of the molecule is Cc1ccnc(N(C)C2CCOC2C)c1CN. The van der Waals surface area contributed by atoms with Gasteiger partial charge in [-0.1, -0.05) is 0 Å². The van der Waals surface area contributed by atoms with Crippen LogP contribution in [0.4, 0.5) is 5.82 Å². The first kappa shape index (κ1) is 12.3. The van der Waals surface area contributed by atoms with Crippen LogP contribution in [-0.4, -0.2) is 30.8 Å². The van der Waals surface area contributed by atoms with Gasteiger partial charge in [0.05, 0.1) is 12.1 Å². The van der Waals surface area contributed by atoms with Crippen molar-refractivity contribution in [3.8, 4) is 0 Å². The van der Waals surface area contributed by atoms with E-state index in [2.05, 4.69) is 30.8 Å². The van der Waals surface area contributed by atoms with Crippen molar-refractivity contribution in [1.82, 2.24) is 4.98 Å². The van der Waals surface area contributed by atoms with Gasteiger partial charge >= 0.3 is 0 Å². The van der Waals surface area contributed by atoms with E-state index in [1.54, 1.807) is 0 Å². The molecule has 1 aliphatic heterocycles. The van der Waals surface area contributed by atoms with Crippen molar-refractivity contribution in [3.05, 3.63) is 23.4 Å². The molecular weight excluding hydrogens is 214 g/mol. The molecule has 0 spiro atoms. The molecule has 2 heterocycles. The highest BCUT2D eigenvalue weighted by molar-refractivity contribution is 5.50. The quantitative estimate of drug-likeness (QED) is 0.862. The van der Waals surface area contributed by atoms with Gasteiger partial charge in [0.25, 0.3) is 0 Å². The monoisotopic (exact) mass is 235 g/mol. The zero-order valence-corrected chi connectivity index (χ0v) is 10.8. The lowest BCUT2D eigenvalue weighted by atomic mass is 10.1. The first-order valence-corrected chi connectivity index (χ1v) is 6.14. The normalized spacial score (nSPS) is 24.0. The zero-order valence-electron chi connectivity index (χ0n) is 10.8. The van der Waals surface area contributed by atoms with E-state index in [9.17, 15) is 0 Å². The maximum atomic E-state index is 5.82. The Balaban J connectivity index is 2.30. The average Bonchev–Trinajstić information content (AvgIpc) is 2.74. The van der Waals surface area contributed by atoms with Crippen molar-refractivity contribution in [3.63, 3.8) is 0 Å².